The third-order valence-electron chi connectivity index (χ3n) is 2.62. The molecule has 1 aromatic rings. The first-order valence-corrected chi connectivity index (χ1v) is 5.48. The van der Waals surface area contributed by atoms with Crippen molar-refractivity contribution in [2.24, 2.45) is 5.73 Å². The van der Waals surface area contributed by atoms with Gasteiger partial charge < -0.3 is 10.5 Å². The number of hydrogen-bond donors (Lipinski definition) is 1. The number of carbonyl (C=O) groups excluding carboxylic acids is 2. The van der Waals surface area contributed by atoms with E-state index >= 15 is 0 Å². The molecule has 5 nitrogen and oxygen atoms in total. The molecule has 1 aliphatic heterocycles. The molecule has 0 aromatic heterocycles. The van der Waals surface area contributed by atoms with Crippen molar-refractivity contribution in [1.82, 2.24) is 4.90 Å². The predicted molar refractivity (Wildman–Crippen MR) is 61.2 cm³/mol. The van der Waals surface area contributed by atoms with Gasteiger partial charge in [-0.05, 0) is 5.56 Å². The van der Waals surface area contributed by atoms with Crippen molar-refractivity contribution in [2.45, 2.75) is 12.5 Å². The van der Waals surface area contributed by atoms with Crippen LogP contribution in [-0.4, -0.2) is 36.1 Å². The van der Waals surface area contributed by atoms with Gasteiger partial charge in [0.2, 0.25) is 0 Å². The maximum absolute atomic E-state index is 11.8. The van der Waals surface area contributed by atoms with Crippen molar-refractivity contribution < 1.29 is 14.3 Å². The number of carbonyl (C=O) groups is 2. The molecule has 2 amide bonds. The Morgan fingerprint density at radius 3 is 2.59 bits per heavy atom. The number of benzene rings is 1. The molecule has 0 aliphatic carbocycles. The summed E-state index contributed by atoms with van der Waals surface area (Å²) in [6.07, 6.45) is -0.898. The Morgan fingerprint density at radius 1 is 1.24 bits per heavy atom. The highest BCUT2D eigenvalue weighted by Gasteiger charge is 2.39. The summed E-state index contributed by atoms with van der Waals surface area (Å²) in [5.41, 5.74) is 6.30. The Morgan fingerprint density at radius 2 is 1.94 bits per heavy atom. The summed E-state index contributed by atoms with van der Waals surface area (Å²) in [5, 5.41) is 0. The van der Waals surface area contributed by atoms with Crippen LogP contribution in [0.2, 0.25) is 0 Å². The lowest BCUT2D eigenvalue weighted by molar-refractivity contribution is -0.129. The SMILES string of the molecule is NCCN1C(=O)OC(Cc2ccccc2)C1=O. The van der Waals surface area contributed by atoms with Gasteiger partial charge in [0, 0.05) is 19.5 Å². The van der Waals surface area contributed by atoms with Crippen LogP contribution in [0.3, 0.4) is 0 Å². The van der Waals surface area contributed by atoms with Crippen molar-refractivity contribution in [3.8, 4) is 0 Å². The van der Waals surface area contributed by atoms with Crippen LogP contribution < -0.4 is 5.73 Å². The highest BCUT2D eigenvalue weighted by molar-refractivity contribution is 6.00. The maximum atomic E-state index is 11.8. The van der Waals surface area contributed by atoms with Crippen molar-refractivity contribution in [3.05, 3.63) is 35.9 Å². The zero-order valence-electron chi connectivity index (χ0n) is 9.33. The van der Waals surface area contributed by atoms with Crippen molar-refractivity contribution in [3.63, 3.8) is 0 Å². The van der Waals surface area contributed by atoms with Crippen LogP contribution in [0.25, 0.3) is 0 Å². The normalized spacial score (nSPS) is 19.6. The number of imide groups is 1. The molecule has 2 rings (SSSR count). The summed E-state index contributed by atoms with van der Waals surface area (Å²) in [6.45, 7) is 0.460. The molecule has 1 aromatic carbocycles. The second-order valence-corrected chi connectivity index (χ2v) is 3.84. The first-order chi connectivity index (χ1) is 8.22. The molecule has 1 saturated heterocycles. The lowest BCUT2D eigenvalue weighted by Gasteiger charge is -2.08. The van der Waals surface area contributed by atoms with Crippen LogP contribution in [0, 0.1) is 0 Å². The Bertz CT molecular complexity index is 419. The first kappa shape index (κ1) is 11.6. The lowest BCUT2D eigenvalue weighted by Crippen LogP contribution is -2.36. The zero-order valence-corrected chi connectivity index (χ0v) is 9.33. The molecule has 1 heterocycles. The van der Waals surface area contributed by atoms with Crippen LogP contribution in [0.4, 0.5) is 4.79 Å². The van der Waals surface area contributed by atoms with Gasteiger partial charge in [-0.15, -0.1) is 0 Å². The van der Waals surface area contributed by atoms with E-state index in [0.29, 0.717) is 6.42 Å². The molecule has 0 bridgehead atoms. The molecule has 17 heavy (non-hydrogen) atoms. The number of rotatable bonds is 4. The number of hydrogen-bond acceptors (Lipinski definition) is 4. The van der Waals surface area contributed by atoms with Crippen LogP contribution in [0.1, 0.15) is 5.56 Å². The number of ether oxygens (including phenoxy) is 1. The third-order valence-corrected chi connectivity index (χ3v) is 2.62. The number of cyclic esters (lactones) is 1. The summed E-state index contributed by atoms with van der Waals surface area (Å²) in [6, 6.07) is 9.45. The summed E-state index contributed by atoms with van der Waals surface area (Å²) in [7, 11) is 0. The van der Waals surface area contributed by atoms with Gasteiger partial charge in [-0.2, -0.15) is 0 Å². The molecule has 1 atom stereocenters. The second-order valence-electron chi connectivity index (χ2n) is 3.84. The topological polar surface area (TPSA) is 72.6 Å². The predicted octanol–water partition coefficient (Wildman–Crippen LogP) is 0.535. The van der Waals surface area contributed by atoms with Crippen molar-refractivity contribution in [1.29, 1.82) is 0 Å². The van der Waals surface area contributed by atoms with Crippen LogP contribution in [-0.2, 0) is 16.0 Å². The summed E-state index contributed by atoms with van der Waals surface area (Å²) >= 11 is 0. The largest absolute Gasteiger partial charge is 0.435 e. The van der Waals surface area contributed by atoms with Gasteiger partial charge in [-0.1, -0.05) is 30.3 Å². The van der Waals surface area contributed by atoms with E-state index in [-0.39, 0.29) is 19.0 Å². The van der Waals surface area contributed by atoms with Gasteiger partial charge in [-0.3, -0.25) is 4.79 Å². The second kappa shape index (κ2) is 4.97. The van der Waals surface area contributed by atoms with E-state index in [4.69, 9.17) is 10.5 Å². The van der Waals surface area contributed by atoms with E-state index in [1.54, 1.807) is 0 Å². The highest BCUT2D eigenvalue weighted by Crippen LogP contribution is 2.16. The van der Waals surface area contributed by atoms with E-state index in [1.165, 1.54) is 0 Å². The molecule has 90 valence electrons. The van der Waals surface area contributed by atoms with E-state index < -0.39 is 12.2 Å². The molecule has 0 spiro atoms. The quantitative estimate of drug-likeness (QED) is 0.825. The number of nitrogens with zero attached hydrogens (tertiary/aromatic N) is 1. The number of nitrogens with two attached hydrogens (primary N) is 1. The van der Waals surface area contributed by atoms with Gasteiger partial charge in [0.15, 0.2) is 6.10 Å². The molecule has 1 unspecified atom stereocenters. The van der Waals surface area contributed by atoms with Crippen LogP contribution >= 0.6 is 0 Å². The number of amides is 2. The average molecular weight is 234 g/mol. The fourth-order valence-corrected chi connectivity index (χ4v) is 1.79. The third kappa shape index (κ3) is 2.45. The van der Waals surface area contributed by atoms with E-state index in [2.05, 4.69) is 0 Å². The lowest BCUT2D eigenvalue weighted by atomic mass is 10.1. The van der Waals surface area contributed by atoms with Crippen LogP contribution in [0.5, 0.6) is 0 Å². The Balaban J connectivity index is 2.04. The van der Waals surface area contributed by atoms with Gasteiger partial charge in [0.1, 0.15) is 0 Å². The minimum Gasteiger partial charge on any atom is -0.435 e. The molecule has 0 radical (unpaired) electrons. The molecule has 1 fully saturated rings. The monoisotopic (exact) mass is 234 g/mol. The maximum Gasteiger partial charge on any atom is 0.417 e. The van der Waals surface area contributed by atoms with Gasteiger partial charge in [0.05, 0.1) is 0 Å². The minimum absolute atomic E-state index is 0.211. The van der Waals surface area contributed by atoms with Crippen LogP contribution in [0.15, 0.2) is 30.3 Å². The molecule has 5 heteroatoms. The standard InChI is InChI=1S/C12H14N2O3/c13-6-7-14-11(15)10(17-12(14)16)8-9-4-2-1-3-5-9/h1-5,10H,6-8,13H2. The van der Waals surface area contributed by atoms with E-state index in [1.807, 2.05) is 30.3 Å². The van der Waals surface area contributed by atoms with Gasteiger partial charge >= 0.3 is 6.09 Å². The van der Waals surface area contributed by atoms with Crippen molar-refractivity contribution in [2.75, 3.05) is 13.1 Å². The van der Waals surface area contributed by atoms with E-state index in [0.717, 1.165) is 10.5 Å². The average Bonchev–Trinajstić information content (AvgIpc) is 2.59. The summed E-state index contributed by atoms with van der Waals surface area (Å²) < 4.78 is 5.02. The fourth-order valence-electron chi connectivity index (χ4n) is 1.79. The Kier molecular flexibility index (Phi) is 3.39. The van der Waals surface area contributed by atoms with Gasteiger partial charge in [0.25, 0.3) is 5.91 Å². The van der Waals surface area contributed by atoms with Crippen molar-refractivity contribution >= 4 is 12.0 Å². The molecule has 2 N–H and O–H groups in total. The smallest absolute Gasteiger partial charge is 0.417 e. The first-order valence-electron chi connectivity index (χ1n) is 5.48. The molecular weight excluding hydrogens is 220 g/mol. The minimum atomic E-state index is -0.712. The van der Waals surface area contributed by atoms with E-state index in [9.17, 15) is 9.59 Å². The Hall–Kier alpha value is -1.88. The zero-order chi connectivity index (χ0) is 12.3. The Labute approximate surface area is 99.2 Å². The molecular formula is C12H14N2O3. The van der Waals surface area contributed by atoms with Gasteiger partial charge in [-0.25, -0.2) is 9.69 Å². The molecule has 0 saturated carbocycles. The highest BCUT2D eigenvalue weighted by atomic mass is 16.6. The summed E-state index contributed by atoms with van der Waals surface area (Å²) in [5.74, 6) is -0.302. The fraction of sp³-hybridized carbons (Fsp3) is 0.333. The summed E-state index contributed by atoms with van der Waals surface area (Å²) in [4.78, 5) is 24.3. The molecule has 1 aliphatic rings.